The third-order valence-electron chi connectivity index (χ3n) is 10.4. The fourth-order valence-electron chi connectivity index (χ4n) is 7.00. The molecule has 10 N–H and O–H groups in total. The third-order valence-corrected chi connectivity index (χ3v) is 10.7. The van der Waals surface area contributed by atoms with Crippen LogP contribution in [0.4, 0.5) is 11.6 Å². The number of aromatic nitrogens is 2. The summed E-state index contributed by atoms with van der Waals surface area (Å²) >= 11 is 6.01. The van der Waals surface area contributed by atoms with Gasteiger partial charge in [0.25, 0.3) is 5.91 Å². The van der Waals surface area contributed by atoms with Gasteiger partial charge in [-0.3, -0.25) is 9.59 Å². The van der Waals surface area contributed by atoms with Crippen LogP contribution < -0.4 is 16.8 Å². The average Bonchev–Trinajstić information content (AvgIpc) is 3.16. The lowest BCUT2D eigenvalue weighted by molar-refractivity contribution is -0.133. The van der Waals surface area contributed by atoms with Crippen LogP contribution in [0.15, 0.2) is 24.3 Å². The number of hydrogen-bond donors (Lipinski definition) is 8. The number of nitrogens with one attached hydrogen (secondary N) is 1. The number of carbonyl (C=O) groups is 2. The Bertz CT molecular complexity index is 1450. The van der Waals surface area contributed by atoms with Crippen LogP contribution in [0.5, 0.6) is 0 Å². The highest BCUT2D eigenvalue weighted by molar-refractivity contribution is 6.31. The van der Waals surface area contributed by atoms with E-state index in [1.54, 1.807) is 0 Å². The lowest BCUT2D eigenvalue weighted by atomic mass is 9.94. The molecule has 2 amide bonds. The van der Waals surface area contributed by atoms with Crippen LogP contribution in [0, 0.1) is 12.8 Å². The highest BCUT2D eigenvalue weighted by atomic mass is 35.5. The number of aliphatic hydroxyl groups excluding tert-OH is 5. The number of amides is 2. The van der Waals surface area contributed by atoms with Crippen molar-refractivity contribution in [1.82, 2.24) is 30.0 Å². The predicted octanol–water partition coefficient (Wildman–Crippen LogP) is 1.21. The number of carbonyl (C=O) groups excluding carboxylic acids is 2. The largest absolute Gasteiger partial charge is 0.394 e. The van der Waals surface area contributed by atoms with E-state index in [1.807, 2.05) is 21.9 Å². The van der Waals surface area contributed by atoms with Crippen molar-refractivity contribution in [2.24, 2.45) is 5.92 Å². The van der Waals surface area contributed by atoms with Gasteiger partial charge in [0.05, 0.1) is 12.7 Å². The normalized spacial score (nSPS) is 16.7. The number of anilines is 2. The van der Waals surface area contributed by atoms with Crippen LogP contribution in [-0.2, 0) is 11.2 Å². The van der Waals surface area contributed by atoms with Gasteiger partial charge in [-0.25, -0.2) is 9.97 Å². The molecule has 0 radical (unpaired) electrons. The molecule has 1 saturated heterocycles. The van der Waals surface area contributed by atoms with Crippen molar-refractivity contribution in [1.29, 1.82) is 0 Å². The van der Waals surface area contributed by atoms with Gasteiger partial charge in [-0.05, 0) is 76.2 Å². The van der Waals surface area contributed by atoms with Crippen molar-refractivity contribution in [3.63, 3.8) is 0 Å². The number of nitrogens with zero attached hydrogens (tertiary/aromatic N) is 5. The molecule has 3 rings (SSSR count). The van der Waals surface area contributed by atoms with Crippen LogP contribution in [0.3, 0.4) is 0 Å². The highest BCUT2D eigenvalue weighted by Gasteiger charge is 2.31. The van der Waals surface area contributed by atoms with Gasteiger partial charge in [-0.2, -0.15) is 0 Å². The summed E-state index contributed by atoms with van der Waals surface area (Å²) in [7, 11) is 2.09. The van der Waals surface area contributed by atoms with Gasteiger partial charge >= 0.3 is 0 Å². The number of likely N-dealkylation sites (tertiary alicyclic amines) is 1. The van der Waals surface area contributed by atoms with Crippen LogP contribution in [0.2, 0.25) is 5.15 Å². The second-order valence-electron chi connectivity index (χ2n) is 14.7. The van der Waals surface area contributed by atoms with Crippen LogP contribution in [0.1, 0.15) is 79.9 Å². The zero-order valence-electron chi connectivity index (χ0n) is 32.1. The molecule has 1 aliphatic heterocycles. The molecule has 0 spiro atoms. The van der Waals surface area contributed by atoms with E-state index < -0.39 is 36.9 Å². The summed E-state index contributed by atoms with van der Waals surface area (Å²) in [6, 6.07) is 8.45. The van der Waals surface area contributed by atoms with E-state index in [0.717, 1.165) is 44.9 Å². The lowest BCUT2D eigenvalue weighted by Gasteiger charge is -2.38. The molecule has 2 heterocycles. The maximum Gasteiger partial charge on any atom is 0.273 e. The van der Waals surface area contributed by atoms with Gasteiger partial charge < -0.3 is 57.0 Å². The Balaban J connectivity index is 1.53. The van der Waals surface area contributed by atoms with Crippen molar-refractivity contribution in [3.8, 4) is 0 Å². The van der Waals surface area contributed by atoms with Crippen molar-refractivity contribution in [2.75, 3.05) is 70.9 Å². The van der Waals surface area contributed by atoms with Crippen molar-refractivity contribution >= 4 is 35.1 Å². The summed E-state index contributed by atoms with van der Waals surface area (Å²) in [6.45, 7) is 7.09. The number of benzene rings is 1. The predicted molar refractivity (Wildman–Crippen MR) is 210 cm³/mol. The summed E-state index contributed by atoms with van der Waals surface area (Å²) in [5.41, 5.74) is 13.9. The Morgan fingerprint density at radius 3 is 2.30 bits per heavy atom. The molecule has 15 nitrogen and oxygen atoms in total. The molecule has 16 heteroatoms. The number of aliphatic hydroxyl groups is 5. The number of nitrogen functional groups attached to an aromatic ring is 2. The molecule has 54 heavy (non-hydrogen) atoms. The smallest absolute Gasteiger partial charge is 0.273 e. The van der Waals surface area contributed by atoms with Crippen molar-refractivity contribution in [2.45, 2.75) is 102 Å². The number of unbranched alkanes of at least 4 members (excludes halogenated alkanes) is 3. The zero-order chi connectivity index (χ0) is 39.8. The fourth-order valence-corrected chi connectivity index (χ4v) is 7.12. The van der Waals surface area contributed by atoms with Crippen LogP contribution >= 0.6 is 11.6 Å². The SMILES string of the molecule is CCCCCCN(CCCC(=O)N1CCC(N(C)C[C@@H](CNC(=O)c2nc(Cl)c(N)nc2N)Cc2ccccc2C)CC1)C[C@H](O)[C@@H](O)[C@H](O)[C@H](O)CO. The first-order valence-electron chi connectivity index (χ1n) is 19.2. The molecule has 2 aromatic rings. The molecule has 304 valence electrons. The van der Waals surface area contributed by atoms with Crippen molar-refractivity contribution < 1.29 is 35.1 Å². The molecular weight excluding hydrogens is 716 g/mol. The average molecular weight is 779 g/mol. The quantitative estimate of drug-likeness (QED) is 0.0743. The van der Waals surface area contributed by atoms with E-state index in [2.05, 4.69) is 53.2 Å². The monoisotopic (exact) mass is 778 g/mol. The van der Waals surface area contributed by atoms with E-state index in [4.69, 9.17) is 28.2 Å². The minimum absolute atomic E-state index is 0.0401. The topological polar surface area (TPSA) is 235 Å². The maximum absolute atomic E-state index is 13.3. The number of nitrogens with two attached hydrogens (primary N) is 2. The van der Waals surface area contributed by atoms with Gasteiger partial charge in [-0.1, -0.05) is 62.1 Å². The Labute approximate surface area is 324 Å². The van der Waals surface area contributed by atoms with Crippen molar-refractivity contribution in [3.05, 3.63) is 46.2 Å². The first kappa shape index (κ1) is 45.2. The molecule has 1 fully saturated rings. The molecule has 1 aromatic carbocycles. The number of rotatable bonds is 23. The van der Waals surface area contributed by atoms with E-state index >= 15 is 0 Å². The Kier molecular flexibility index (Phi) is 19.3. The van der Waals surface area contributed by atoms with E-state index in [0.29, 0.717) is 52.1 Å². The first-order chi connectivity index (χ1) is 25.7. The minimum Gasteiger partial charge on any atom is -0.394 e. The summed E-state index contributed by atoms with van der Waals surface area (Å²) in [4.78, 5) is 40.5. The van der Waals surface area contributed by atoms with Gasteiger partial charge in [0.15, 0.2) is 22.5 Å². The summed E-state index contributed by atoms with van der Waals surface area (Å²) in [5, 5.41) is 52.7. The molecule has 1 aromatic heterocycles. The molecule has 0 aliphatic carbocycles. The van der Waals surface area contributed by atoms with Gasteiger partial charge in [0.1, 0.15) is 18.3 Å². The molecule has 1 aliphatic rings. The Hall–Kier alpha value is -3.15. The van der Waals surface area contributed by atoms with E-state index in [1.165, 1.54) is 11.1 Å². The molecule has 0 saturated carbocycles. The second kappa shape index (κ2) is 23.0. The minimum atomic E-state index is -1.68. The van der Waals surface area contributed by atoms with Gasteiger partial charge in [0, 0.05) is 45.2 Å². The van der Waals surface area contributed by atoms with Crippen LogP contribution in [0.25, 0.3) is 0 Å². The molecule has 5 atom stereocenters. The summed E-state index contributed by atoms with van der Waals surface area (Å²) < 4.78 is 0. The number of aryl methyl sites for hydroxylation is 1. The highest BCUT2D eigenvalue weighted by Crippen LogP contribution is 2.22. The summed E-state index contributed by atoms with van der Waals surface area (Å²) in [6.07, 6.45) is 1.19. The zero-order valence-corrected chi connectivity index (χ0v) is 32.9. The first-order valence-corrected chi connectivity index (χ1v) is 19.6. The van der Waals surface area contributed by atoms with Gasteiger partial charge in [0.2, 0.25) is 5.91 Å². The maximum atomic E-state index is 13.3. The second-order valence-corrected chi connectivity index (χ2v) is 15.0. The molecule has 0 bridgehead atoms. The lowest BCUT2D eigenvalue weighted by Crippen LogP contribution is -2.50. The molecular formula is C38H63ClN8O7. The summed E-state index contributed by atoms with van der Waals surface area (Å²) in [5.74, 6) is -0.465. The number of halogens is 1. The van der Waals surface area contributed by atoms with Crippen LogP contribution in [-0.4, -0.2) is 152 Å². The van der Waals surface area contributed by atoms with Gasteiger partial charge in [-0.15, -0.1) is 0 Å². The fraction of sp³-hybridized carbons (Fsp3) is 0.684. The van der Waals surface area contributed by atoms with E-state index in [9.17, 15) is 30.0 Å². The number of hydrogen-bond acceptors (Lipinski definition) is 13. The number of piperidine rings is 1. The van der Waals surface area contributed by atoms with E-state index in [-0.39, 0.29) is 46.9 Å². The Morgan fingerprint density at radius 1 is 0.963 bits per heavy atom. The molecule has 0 unspecified atom stereocenters. The Morgan fingerprint density at radius 2 is 1.63 bits per heavy atom. The standard InChI is InChI=1S/C38H63ClN8O7/c1-4-5-6-9-16-46(23-29(49)33(52)34(53)30(50)24-48)17-10-13-31(51)47-18-14-28(15-19-47)45(3)22-26(20-27-12-8-7-11-25(27)2)21-42-38(54)32-36(40)44-37(41)35(39)43-32/h7-8,11-12,26,28-30,33-34,48-50,52-53H,4-6,9-10,13-24H2,1-3H3,(H,42,54)(H4,40,41,44)/t26-,29+,30-,33-,34-/m1/s1. The third kappa shape index (κ3) is 14.2.